The minimum Gasteiger partial charge on any atom is -0.490 e. The summed E-state index contributed by atoms with van der Waals surface area (Å²) in [5.74, 6) is 0.636. The van der Waals surface area contributed by atoms with Crippen molar-refractivity contribution in [1.29, 1.82) is 0 Å². The van der Waals surface area contributed by atoms with E-state index in [2.05, 4.69) is 0 Å². The van der Waals surface area contributed by atoms with Gasteiger partial charge in [-0.25, -0.2) is 0 Å². The summed E-state index contributed by atoms with van der Waals surface area (Å²) in [6.45, 7) is 3.22. The van der Waals surface area contributed by atoms with Gasteiger partial charge in [0.05, 0.1) is 34.5 Å². The number of thioether (sulfide) groups is 1. The van der Waals surface area contributed by atoms with Gasteiger partial charge >= 0.3 is 0 Å². The lowest BCUT2D eigenvalue weighted by atomic mass is 10.1. The van der Waals surface area contributed by atoms with Crippen LogP contribution in [-0.4, -0.2) is 27.5 Å². The molecule has 1 heterocycles. The molecule has 0 bridgehead atoms. The largest absolute Gasteiger partial charge is 0.490 e. The molecule has 0 aromatic heterocycles. The van der Waals surface area contributed by atoms with Crippen LogP contribution in [0.2, 0.25) is 5.02 Å². The third-order valence-electron chi connectivity index (χ3n) is 6.47. The van der Waals surface area contributed by atoms with Crippen LogP contribution in [0.1, 0.15) is 29.2 Å². The van der Waals surface area contributed by atoms with Crippen LogP contribution in [-0.2, 0) is 24.5 Å². The second-order valence-corrected chi connectivity index (χ2v) is 11.0. The van der Waals surface area contributed by atoms with Gasteiger partial charge < -0.3 is 9.47 Å². The van der Waals surface area contributed by atoms with Crippen molar-refractivity contribution in [3.05, 3.63) is 139 Å². The summed E-state index contributed by atoms with van der Waals surface area (Å²) >= 11 is 7.98. The lowest BCUT2D eigenvalue weighted by Crippen LogP contribution is -2.28. The average molecular weight is 614 g/mol. The van der Waals surface area contributed by atoms with Crippen LogP contribution in [0.4, 0.5) is 5.69 Å². The summed E-state index contributed by atoms with van der Waals surface area (Å²) in [6.07, 6.45) is 1.78. The normalized spacial score (nSPS) is 14.8. The number of rotatable bonds is 11. The molecular formula is C33H28ClN3O5S. The van der Waals surface area contributed by atoms with Crippen molar-refractivity contribution in [3.63, 3.8) is 0 Å². The number of halogens is 1. The minimum atomic E-state index is -0.450. The standard InChI is InChI=1S/C33H28ClN3O5S/c1-2-41-29-18-26(17-28(34)31(29)42-22-25-13-15-27(16-14-25)37(39)40)19-30-32(38)36(21-24-11-7-4-8-12-24)33(43-30)35-20-23-9-5-3-6-10-23/h3-19H,2,20-22H2,1H3/b30-19+,35-33?. The number of amides is 1. The van der Waals surface area contributed by atoms with E-state index in [1.807, 2.05) is 67.6 Å². The second-order valence-electron chi connectivity index (χ2n) is 9.55. The van der Waals surface area contributed by atoms with E-state index in [4.69, 9.17) is 26.1 Å². The molecule has 0 radical (unpaired) electrons. The Morgan fingerprint density at radius 3 is 2.26 bits per heavy atom. The number of carbonyl (C=O) groups is 1. The highest BCUT2D eigenvalue weighted by Gasteiger charge is 2.33. The van der Waals surface area contributed by atoms with Gasteiger partial charge in [0.25, 0.3) is 11.6 Å². The highest BCUT2D eigenvalue weighted by atomic mass is 35.5. The molecule has 0 unspecified atom stereocenters. The third kappa shape index (κ3) is 7.63. The summed E-state index contributed by atoms with van der Waals surface area (Å²) < 4.78 is 11.8. The molecule has 218 valence electrons. The van der Waals surface area contributed by atoms with Crippen molar-refractivity contribution in [3.8, 4) is 11.5 Å². The van der Waals surface area contributed by atoms with Crippen molar-refractivity contribution in [2.75, 3.05) is 6.61 Å². The fraction of sp³-hybridized carbons (Fsp3) is 0.152. The monoisotopic (exact) mass is 613 g/mol. The Morgan fingerprint density at radius 2 is 1.60 bits per heavy atom. The number of aliphatic imine (C=N–C) groups is 1. The van der Waals surface area contributed by atoms with Crippen molar-refractivity contribution in [2.24, 2.45) is 4.99 Å². The van der Waals surface area contributed by atoms with Crippen LogP contribution in [0, 0.1) is 10.1 Å². The predicted octanol–water partition coefficient (Wildman–Crippen LogP) is 7.90. The maximum atomic E-state index is 13.6. The van der Waals surface area contributed by atoms with Crippen LogP contribution in [0.25, 0.3) is 6.08 Å². The Hall–Kier alpha value is -4.60. The molecule has 1 saturated heterocycles. The fourth-order valence-electron chi connectivity index (χ4n) is 4.37. The topological polar surface area (TPSA) is 94.3 Å². The first kappa shape index (κ1) is 29.9. The van der Waals surface area contributed by atoms with Crippen LogP contribution in [0.3, 0.4) is 0 Å². The molecule has 1 aliphatic rings. The highest BCUT2D eigenvalue weighted by molar-refractivity contribution is 8.18. The van der Waals surface area contributed by atoms with Gasteiger partial charge in [-0.2, -0.15) is 0 Å². The molecule has 0 aliphatic carbocycles. The fourth-order valence-corrected chi connectivity index (χ4v) is 5.62. The van der Waals surface area contributed by atoms with E-state index in [1.165, 1.54) is 23.9 Å². The van der Waals surface area contributed by atoms with Gasteiger partial charge in [-0.3, -0.25) is 24.8 Å². The molecule has 0 saturated carbocycles. The van der Waals surface area contributed by atoms with Crippen LogP contribution in [0.15, 0.2) is 107 Å². The Morgan fingerprint density at radius 1 is 0.930 bits per heavy atom. The van der Waals surface area contributed by atoms with Gasteiger partial charge in [0.15, 0.2) is 16.7 Å². The van der Waals surface area contributed by atoms with Crippen LogP contribution >= 0.6 is 23.4 Å². The number of nitro benzene ring substituents is 1. The summed E-state index contributed by atoms with van der Waals surface area (Å²) in [5, 5.41) is 11.9. The number of amidine groups is 1. The average Bonchev–Trinajstić information content (AvgIpc) is 3.30. The Bertz CT molecular complexity index is 1660. The first-order chi connectivity index (χ1) is 20.9. The number of non-ortho nitro benzene ring substituents is 1. The van der Waals surface area contributed by atoms with E-state index in [1.54, 1.807) is 35.2 Å². The number of nitrogens with zero attached hydrogens (tertiary/aromatic N) is 3. The molecule has 1 fully saturated rings. The van der Waals surface area contributed by atoms with Gasteiger partial charge in [-0.15, -0.1) is 0 Å². The Labute approximate surface area is 258 Å². The summed E-state index contributed by atoms with van der Waals surface area (Å²) in [6, 6.07) is 29.3. The lowest BCUT2D eigenvalue weighted by Gasteiger charge is -2.16. The van der Waals surface area contributed by atoms with E-state index < -0.39 is 4.92 Å². The number of nitro groups is 1. The van der Waals surface area contributed by atoms with Crippen molar-refractivity contribution < 1.29 is 19.2 Å². The molecule has 0 spiro atoms. The smallest absolute Gasteiger partial charge is 0.269 e. The molecule has 0 atom stereocenters. The maximum absolute atomic E-state index is 13.6. The molecule has 43 heavy (non-hydrogen) atoms. The van der Waals surface area contributed by atoms with Gasteiger partial charge in [-0.05, 0) is 71.3 Å². The van der Waals surface area contributed by atoms with Crippen molar-refractivity contribution in [2.45, 2.75) is 26.6 Å². The highest BCUT2D eigenvalue weighted by Crippen LogP contribution is 2.40. The Balaban J connectivity index is 1.40. The van der Waals surface area contributed by atoms with Gasteiger partial charge in [0.1, 0.15) is 6.61 Å². The lowest BCUT2D eigenvalue weighted by molar-refractivity contribution is -0.384. The number of carbonyl (C=O) groups excluding carboxylic acids is 1. The van der Waals surface area contributed by atoms with E-state index in [0.29, 0.717) is 51.9 Å². The first-order valence-corrected chi connectivity index (χ1v) is 14.8. The molecular weight excluding hydrogens is 586 g/mol. The van der Waals surface area contributed by atoms with Crippen molar-refractivity contribution in [1.82, 2.24) is 4.90 Å². The van der Waals surface area contributed by atoms with E-state index in [0.717, 1.165) is 16.7 Å². The van der Waals surface area contributed by atoms with Gasteiger partial charge in [-0.1, -0.05) is 72.3 Å². The molecule has 8 nitrogen and oxygen atoms in total. The number of ether oxygens (including phenoxy) is 2. The summed E-state index contributed by atoms with van der Waals surface area (Å²) in [5.41, 5.74) is 3.48. The molecule has 1 aliphatic heterocycles. The summed E-state index contributed by atoms with van der Waals surface area (Å²) in [7, 11) is 0. The van der Waals surface area contributed by atoms with Crippen LogP contribution in [0.5, 0.6) is 11.5 Å². The number of benzene rings is 4. The maximum Gasteiger partial charge on any atom is 0.269 e. The first-order valence-electron chi connectivity index (χ1n) is 13.6. The second kappa shape index (κ2) is 14.0. The quantitative estimate of drug-likeness (QED) is 0.0969. The van der Waals surface area contributed by atoms with E-state index in [9.17, 15) is 14.9 Å². The predicted molar refractivity (Wildman–Crippen MR) is 170 cm³/mol. The van der Waals surface area contributed by atoms with Gasteiger partial charge in [0.2, 0.25) is 0 Å². The minimum absolute atomic E-state index is 0.00381. The third-order valence-corrected chi connectivity index (χ3v) is 7.80. The molecule has 10 heteroatoms. The molecule has 4 aromatic rings. The Kier molecular flexibility index (Phi) is 9.76. The zero-order valence-corrected chi connectivity index (χ0v) is 24.9. The van der Waals surface area contributed by atoms with E-state index in [-0.39, 0.29) is 18.2 Å². The number of hydrogen-bond acceptors (Lipinski definition) is 7. The van der Waals surface area contributed by atoms with Crippen molar-refractivity contribution >= 4 is 46.2 Å². The SMILES string of the molecule is CCOc1cc(/C=C2/SC(=NCc3ccccc3)N(Cc3ccccc3)C2=O)cc(Cl)c1OCc1ccc([N+](=O)[O-])cc1. The molecule has 1 amide bonds. The number of hydrogen-bond donors (Lipinski definition) is 0. The molecule has 0 N–H and O–H groups in total. The zero-order chi connectivity index (χ0) is 30.2. The zero-order valence-electron chi connectivity index (χ0n) is 23.3. The molecule has 5 rings (SSSR count). The van der Waals surface area contributed by atoms with Crippen LogP contribution < -0.4 is 9.47 Å². The van der Waals surface area contributed by atoms with Gasteiger partial charge in [0, 0.05) is 12.1 Å². The van der Waals surface area contributed by atoms with E-state index >= 15 is 0 Å². The summed E-state index contributed by atoms with van der Waals surface area (Å²) in [4.78, 5) is 31.1. The molecule has 4 aromatic carbocycles.